The van der Waals surface area contributed by atoms with E-state index >= 15 is 0 Å². The molecule has 1 aliphatic heterocycles. The predicted molar refractivity (Wildman–Crippen MR) is 50.4 cm³/mol. The van der Waals surface area contributed by atoms with Crippen LogP contribution >= 0.6 is 0 Å². The second kappa shape index (κ2) is 3.90. The summed E-state index contributed by atoms with van der Waals surface area (Å²) in [7, 11) is 1.95. The van der Waals surface area contributed by atoms with Crippen LogP contribution in [0.1, 0.15) is 33.1 Å². The molecule has 1 rings (SSSR count). The van der Waals surface area contributed by atoms with Crippen molar-refractivity contribution in [3.63, 3.8) is 0 Å². The Morgan fingerprint density at radius 1 is 1.58 bits per heavy atom. The highest BCUT2D eigenvalue weighted by Gasteiger charge is 2.35. The Labute approximate surface area is 74.2 Å². The number of hydrogen-bond acceptors (Lipinski definition) is 3. The van der Waals surface area contributed by atoms with Gasteiger partial charge in [-0.2, -0.15) is 0 Å². The SMILES string of the molecule is CCC1=NO[C@](CC)(CNC)C1. The van der Waals surface area contributed by atoms with E-state index < -0.39 is 0 Å². The van der Waals surface area contributed by atoms with Crippen molar-refractivity contribution in [1.82, 2.24) is 5.32 Å². The molecule has 1 heterocycles. The summed E-state index contributed by atoms with van der Waals surface area (Å²) in [5.74, 6) is 0. The van der Waals surface area contributed by atoms with Gasteiger partial charge in [0, 0.05) is 13.0 Å². The summed E-state index contributed by atoms with van der Waals surface area (Å²) >= 11 is 0. The molecule has 0 aromatic rings. The van der Waals surface area contributed by atoms with Crippen molar-refractivity contribution in [1.29, 1.82) is 0 Å². The van der Waals surface area contributed by atoms with Crippen molar-refractivity contribution in [2.75, 3.05) is 13.6 Å². The van der Waals surface area contributed by atoms with E-state index in [0.29, 0.717) is 0 Å². The predicted octanol–water partition coefficient (Wildman–Crippen LogP) is 1.54. The molecule has 0 spiro atoms. The number of oxime groups is 1. The van der Waals surface area contributed by atoms with Gasteiger partial charge in [-0.05, 0) is 19.9 Å². The molecule has 0 saturated carbocycles. The molecule has 0 aromatic heterocycles. The second-order valence-electron chi connectivity index (χ2n) is 3.35. The molecule has 1 N–H and O–H groups in total. The first-order valence-electron chi connectivity index (χ1n) is 4.65. The van der Waals surface area contributed by atoms with Crippen LogP contribution in [0.5, 0.6) is 0 Å². The van der Waals surface area contributed by atoms with Crippen LogP contribution in [-0.2, 0) is 4.84 Å². The lowest BCUT2D eigenvalue weighted by Crippen LogP contribution is -2.38. The minimum absolute atomic E-state index is 0.0555. The molecule has 0 saturated heterocycles. The van der Waals surface area contributed by atoms with Crippen LogP contribution in [0.15, 0.2) is 5.16 Å². The summed E-state index contributed by atoms with van der Waals surface area (Å²) in [6, 6.07) is 0. The van der Waals surface area contributed by atoms with Crippen LogP contribution in [-0.4, -0.2) is 24.9 Å². The Bertz CT molecular complexity index is 179. The third-order valence-electron chi connectivity index (χ3n) is 2.45. The normalized spacial score (nSPS) is 28.4. The first-order chi connectivity index (χ1) is 5.76. The van der Waals surface area contributed by atoms with E-state index in [1.807, 2.05) is 7.05 Å². The molecule has 0 bridgehead atoms. The van der Waals surface area contributed by atoms with Gasteiger partial charge in [-0.3, -0.25) is 0 Å². The molecule has 1 aliphatic rings. The Hall–Kier alpha value is -0.570. The van der Waals surface area contributed by atoms with Gasteiger partial charge in [-0.1, -0.05) is 19.0 Å². The molecule has 0 fully saturated rings. The minimum atomic E-state index is -0.0555. The lowest BCUT2D eigenvalue weighted by atomic mass is 9.93. The third kappa shape index (κ3) is 1.78. The van der Waals surface area contributed by atoms with Gasteiger partial charge in [0.1, 0.15) is 0 Å². The first kappa shape index (κ1) is 9.52. The van der Waals surface area contributed by atoms with E-state index in [9.17, 15) is 0 Å². The Kier molecular flexibility index (Phi) is 3.09. The van der Waals surface area contributed by atoms with Gasteiger partial charge in [0.2, 0.25) is 0 Å². The number of nitrogens with one attached hydrogen (secondary N) is 1. The van der Waals surface area contributed by atoms with Crippen LogP contribution in [0.4, 0.5) is 0 Å². The second-order valence-corrected chi connectivity index (χ2v) is 3.35. The van der Waals surface area contributed by atoms with Crippen molar-refractivity contribution in [3.05, 3.63) is 0 Å². The van der Waals surface area contributed by atoms with E-state index in [-0.39, 0.29) is 5.60 Å². The van der Waals surface area contributed by atoms with Gasteiger partial charge in [0.05, 0.1) is 5.71 Å². The highest BCUT2D eigenvalue weighted by Crippen LogP contribution is 2.27. The Balaban J connectivity index is 2.52. The molecular formula is C9H18N2O. The lowest BCUT2D eigenvalue weighted by molar-refractivity contribution is -0.0191. The summed E-state index contributed by atoms with van der Waals surface area (Å²) < 4.78 is 0. The molecule has 0 unspecified atom stereocenters. The molecule has 70 valence electrons. The molecule has 3 nitrogen and oxygen atoms in total. The van der Waals surface area contributed by atoms with Gasteiger partial charge >= 0.3 is 0 Å². The van der Waals surface area contributed by atoms with Gasteiger partial charge in [0.25, 0.3) is 0 Å². The maximum atomic E-state index is 5.46. The van der Waals surface area contributed by atoms with Gasteiger partial charge < -0.3 is 10.2 Å². The van der Waals surface area contributed by atoms with Gasteiger partial charge in [0.15, 0.2) is 5.60 Å². The standard InChI is InChI=1S/C9H18N2O/c1-4-8-6-9(5-2,7-10-3)12-11-8/h10H,4-7H2,1-3H3/t9-/m0/s1. The van der Waals surface area contributed by atoms with Crippen molar-refractivity contribution in [2.24, 2.45) is 5.16 Å². The van der Waals surface area contributed by atoms with Crippen LogP contribution in [0, 0.1) is 0 Å². The highest BCUT2D eigenvalue weighted by molar-refractivity contribution is 5.85. The summed E-state index contributed by atoms with van der Waals surface area (Å²) in [6.45, 7) is 5.15. The smallest absolute Gasteiger partial charge is 0.155 e. The lowest BCUT2D eigenvalue weighted by Gasteiger charge is -2.24. The fourth-order valence-corrected chi connectivity index (χ4v) is 1.52. The number of nitrogens with zero attached hydrogens (tertiary/aromatic N) is 1. The molecule has 3 heteroatoms. The summed E-state index contributed by atoms with van der Waals surface area (Å²) in [6.07, 6.45) is 3.01. The zero-order valence-electron chi connectivity index (χ0n) is 8.18. The van der Waals surface area contributed by atoms with Crippen molar-refractivity contribution in [3.8, 4) is 0 Å². The van der Waals surface area contributed by atoms with Crippen LogP contribution in [0.2, 0.25) is 0 Å². The highest BCUT2D eigenvalue weighted by atomic mass is 16.7. The van der Waals surface area contributed by atoms with Crippen molar-refractivity contribution < 1.29 is 4.84 Å². The van der Waals surface area contributed by atoms with Crippen LogP contribution in [0.25, 0.3) is 0 Å². The zero-order chi connectivity index (χ0) is 9.03. The van der Waals surface area contributed by atoms with E-state index in [0.717, 1.165) is 25.8 Å². The Morgan fingerprint density at radius 2 is 2.33 bits per heavy atom. The van der Waals surface area contributed by atoms with Crippen LogP contribution < -0.4 is 5.32 Å². The molecule has 0 amide bonds. The zero-order valence-corrected chi connectivity index (χ0v) is 8.18. The van der Waals surface area contributed by atoms with E-state index in [1.54, 1.807) is 0 Å². The fraction of sp³-hybridized carbons (Fsp3) is 0.889. The molecule has 0 aliphatic carbocycles. The number of rotatable bonds is 4. The largest absolute Gasteiger partial charge is 0.388 e. The molecule has 0 aromatic carbocycles. The maximum absolute atomic E-state index is 5.46. The molecule has 12 heavy (non-hydrogen) atoms. The third-order valence-corrected chi connectivity index (χ3v) is 2.45. The van der Waals surface area contributed by atoms with E-state index in [4.69, 9.17) is 4.84 Å². The van der Waals surface area contributed by atoms with Gasteiger partial charge in [-0.25, -0.2) is 0 Å². The summed E-state index contributed by atoms with van der Waals surface area (Å²) in [5, 5.41) is 7.22. The molecular weight excluding hydrogens is 152 g/mol. The topological polar surface area (TPSA) is 33.6 Å². The summed E-state index contributed by atoms with van der Waals surface area (Å²) in [4.78, 5) is 5.46. The fourth-order valence-electron chi connectivity index (χ4n) is 1.52. The van der Waals surface area contributed by atoms with Crippen molar-refractivity contribution in [2.45, 2.75) is 38.7 Å². The maximum Gasteiger partial charge on any atom is 0.155 e. The number of likely N-dealkylation sites (N-methyl/N-ethyl adjacent to an activating group) is 1. The molecule has 1 atom stereocenters. The average molecular weight is 170 g/mol. The average Bonchev–Trinajstić information content (AvgIpc) is 2.50. The summed E-state index contributed by atoms with van der Waals surface area (Å²) in [5.41, 5.74) is 1.13. The monoisotopic (exact) mass is 170 g/mol. The van der Waals surface area contributed by atoms with Crippen molar-refractivity contribution >= 4 is 5.71 Å². The number of hydrogen-bond donors (Lipinski definition) is 1. The van der Waals surface area contributed by atoms with E-state index in [2.05, 4.69) is 24.3 Å². The Morgan fingerprint density at radius 3 is 2.75 bits per heavy atom. The minimum Gasteiger partial charge on any atom is -0.388 e. The van der Waals surface area contributed by atoms with Crippen LogP contribution in [0.3, 0.4) is 0 Å². The first-order valence-corrected chi connectivity index (χ1v) is 4.65. The molecule has 0 radical (unpaired) electrons. The quantitative estimate of drug-likeness (QED) is 0.694. The van der Waals surface area contributed by atoms with E-state index in [1.165, 1.54) is 5.71 Å². The van der Waals surface area contributed by atoms with Gasteiger partial charge in [-0.15, -0.1) is 0 Å².